The fourth-order valence-electron chi connectivity index (χ4n) is 2.31. The summed E-state index contributed by atoms with van der Waals surface area (Å²) in [5.74, 6) is 0.300. The van der Waals surface area contributed by atoms with Crippen LogP contribution in [0, 0.1) is 11.3 Å². The number of hydrogen-bond acceptors (Lipinski definition) is 4. The van der Waals surface area contributed by atoms with Crippen molar-refractivity contribution in [3.8, 4) is 22.9 Å². The maximum absolute atomic E-state index is 12.1. The lowest BCUT2D eigenvalue weighted by Gasteiger charge is -2.19. The molecule has 0 aliphatic rings. The molecule has 0 aliphatic heterocycles. The van der Waals surface area contributed by atoms with Gasteiger partial charge in [-0.15, -0.1) is 0 Å². The van der Waals surface area contributed by atoms with Crippen LogP contribution in [0.2, 0.25) is 0 Å². The third-order valence-corrected chi connectivity index (χ3v) is 3.26. The molecule has 0 saturated carbocycles. The zero-order valence-electron chi connectivity index (χ0n) is 15.3. The Bertz CT molecular complexity index is 793. The molecule has 0 saturated heterocycles. The highest BCUT2D eigenvalue weighted by atomic mass is 16.6. The Morgan fingerprint density at radius 1 is 1.04 bits per heavy atom. The molecule has 0 atom stereocenters. The molecule has 0 fully saturated rings. The van der Waals surface area contributed by atoms with E-state index in [-0.39, 0.29) is 12.1 Å². The molecule has 4 nitrogen and oxygen atoms in total. The van der Waals surface area contributed by atoms with Crippen LogP contribution in [0.5, 0.6) is 5.75 Å². The third-order valence-electron chi connectivity index (χ3n) is 3.26. The number of esters is 1. The average molecular weight is 337 g/mol. The summed E-state index contributed by atoms with van der Waals surface area (Å²) in [7, 11) is 0. The number of ether oxygens (including phenoxy) is 2. The normalized spacial score (nSPS) is 11.1. The highest BCUT2D eigenvalue weighted by Crippen LogP contribution is 2.27. The van der Waals surface area contributed by atoms with Crippen LogP contribution in [0.3, 0.4) is 0 Å². The molecular formula is C21H23NO3. The maximum atomic E-state index is 12.1. The van der Waals surface area contributed by atoms with Gasteiger partial charge >= 0.3 is 5.97 Å². The van der Waals surface area contributed by atoms with Crippen LogP contribution < -0.4 is 4.74 Å². The van der Waals surface area contributed by atoms with E-state index in [0.717, 1.165) is 11.1 Å². The number of carbonyl (C=O) groups excluding carboxylic acids is 1. The molecule has 0 radical (unpaired) electrons. The first-order valence-corrected chi connectivity index (χ1v) is 8.23. The molecule has 0 unspecified atom stereocenters. The first kappa shape index (κ1) is 18.5. The summed E-state index contributed by atoms with van der Waals surface area (Å²) < 4.78 is 11.1. The zero-order valence-corrected chi connectivity index (χ0v) is 15.3. The highest BCUT2D eigenvalue weighted by Gasteiger charge is 2.17. The smallest absolute Gasteiger partial charge is 0.338 e. The van der Waals surface area contributed by atoms with Gasteiger partial charge in [0.25, 0.3) is 0 Å². The van der Waals surface area contributed by atoms with Crippen molar-refractivity contribution >= 4 is 5.97 Å². The topological polar surface area (TPSA) is 59.3 Å². The van der Waals surface area contributed by atoms with E-state index in [9.17, 15) is 10.1 Å². The molecule has 0 aromatic heterocycles. The van der Waals surface area contributed by atoms with Gasteiger partial charge in [0, 0.05) is 0 Å². The van der Waals surface area contributed by atoms with Crippen LogP contribution in [-0.4, -0.2) is 17.7 Å². The van der Waals surface area contributed by atoms with Crippen molar-refractivity contribution in [3.05, 3.63) is 53.6 Å². The molecule has 4 heteroatoms. The predicted octanol–water partition coefficient (Wildman–Crippen LogP) is 4.97. The molecule has 0 heterocycles. The fraction of sp³-hybridized carbons (Fsp3) is 0.333. The summed E-state index contributed by atoms with van der Waals surface area (Å²) in [6.45, 7) is 9.39. The molecule has 130 valence electrons. The molecule has 25 heavy (non-hydrogen) atoms. The number of rotatable bonds is 4. The van der Waals surface area contributed by atoms with E-state index in [4.69, 9.17) is 9.47 Å². The summed E-state index contributed by atoms with van der Waals surface area (Å²) in [5.41, 5.74) is 2.27. The first-order chi connectivity index (χ1) is 11.7. The molecule has 2 aromatic rings. The predicted molar refractivity (Wildman–Crippen MR) is 97.5 cm³/mol. The molecular weight excluding hydrogens is 314 g/mol. The maximum Gasteiger partial charge on any atom is 0.338 e. The number of benzene rings is 2. The number of hydrogen-bond donors (Lipinski definition) is 0. The second-order valence-corrected chi connectivity index (χ2v) is 7.10. The lowest BCUT2D eigenvalue weighted by molar-refractivity contribution is 0.00695. The Kier molecular flexibility index (Phi) is 5.48. The Hall–Kier alpha value is -2.80. The summed E-state index contributed by atoms with van der Waals surface area (Å²) in [5, 5.41) is 9.23. The van der Waals surface area contributed by atoms with Crippen LogP contribution in [0.4, 0.5) is 0 Å². The van der Waals surface area contributed by atoms with Gasteiger partial charge in [0.2, 0.25) is 0 Å². The summed E-state index contributed by atoms with van der Waals surface area (Å²) in [4.78, 5) is 12.1. The van der Waals surface area contributed by atoms with Gasteiger partial charge in [-0.3, -0.25) is 0 Å². The molecule has 0 spiro atoms. The monoisotopic (exact) mass is 337 g/mol. The van der Waals surface area contributed by atoms with Crippen LogP contribution in [0.15, 0.2) is 42.5 Å². The standard InChI is InChI=1S/C21H23NO3/c1-14(2)24-19-11-15(13-22)10-18(12-19)16-6-8-17(9-7-16)20(23)25-21(3,4)5/h6-12,14H,1-5H3. The molecule has 0 amide bonds. The van der Waals surface area contributed by atoms with Crippen LogP contribution in [0.1, 0.15) is 50.5 Å². The van der Waals surface area contributed by atoms with Crippen LogP contribution in [0.25, 0.3) is 11.1 Å². The van der Waals surface area contributed by atoms with Gasteiger partial charge in [-0.25, -0.2) is 4.79 Å². The second kappa shape index (κ2) is 7.40. The second-order valence-electron chi connectivity index (χ2n) is 7.10. The molecule has 2 aromatic carbocycles. The molecule has 2 rings (SSSR count). The highest BCUT2D eigenvalue weighted by molar-refractivity contribution is 5.90. The fourth-order valence-corrected chi connectivity index (χ4v) is 2.31. The van der Waals surface area contributed by atoms with Crippen molar-refractivity contribution in [2.24, 2.45) is 0 Å². The van der Waals surface area contributed by atoms with Gasteiger partial charge < -0.3 is 9.47 Å². The Morgan fingerprint density at radius 2 is 1.68 bits per heavy atom. The minimum absolute atomic E-state index is 0.0244. The van der Waals surface area contributed by atoms with E-state index >= 15 is 0 Å². The van der Waals surface area contributed by atoms with Crippen molar-refractivity contribution in [1.82, 2.24) is 0 Å². The summed E-state index contributed by atoms with van der Waals surface area (Å²) in [6.07, 6.45) is 0.0244. The van der Waals surface area contributed by atoms with Crippen LogP contribution in [-0.2, 0) is 4.74 Å². The third kappa shape index (κ3) is 5.36. The number of nitriles is 1. The van der Waals surface area contributed by atoms with E-state index in [1.54, 1.807) is 24.3 Å². The van der Waals surface area contributed by atoms with Gasteiger partial charge in [-0.05, 0) is 76.1 Å². The van der Waals surface area contributed by atoms with E-state index in [1.807, 2.05) is 52.8 Å². The van der Waals surface area contributed by atoms with Gasteiger partial charge in [0.15, 0.2) is 0 Å². The van der Waals surface area contributed by atoms with Crippen molar-refractivity contribution in [3.63, 3.8) is 0 Å². The lowest BCUT2D eigenvalue weighted by Crippen LogP contribution is -2.23. The number of nitrogens with zero attached hydrogens (tertiary/aromatic N) is 1. The van der Waals surface area contributed by atoms with Crippen molar-refractivity contribution in [2.45, 2.75) is 46.3 Å². The van der Waals surface area contributed by atoms with Gasteiger partial charge in [-0.1, -0.05) is 12.1 Å². The van der Waals surface area contributed by atoms with E-state index < -0.39 is 5.60 Å². The minimum Gasteiger partial charge on any atom is -0.491 e. The summed E-state index contributed by atoms with van der Waals surface area (Å²) >= 11 is 0. The van der Waals surface area contributed by atoms with Gasteiger partial charge in [0.05, 0.1) is 23.3 Å². The van der Waals surface area contributed by atoms with Gasteiger partial charge in [-0.2, -0.15) is 5.26 Å². The SMILES string of the molecule is CC(C)Oc1cc(C#N)cc(-c2ccc(C(=O)OC(C)(C)C)cc2)c1. The van der Waals surface area contributed by atoms with Crippen molar-refractivity contribution in [2.75, 3.05) is 0 Å². The quantitative estimate of drug-likeness (QED) is 0.739. The Labute approximate surface area is 149 Å². The largest absolute Gasteiger partial charge is 0.491 e. The Morgan fingerprint density at radius 3 is 2.20 bits per heavy atom. The molecule has 0 aliphatic carbocycles. The molecule has 0 bridgehead atoms. The number of carbonyl (C=O) groups is 1. The van der Waals surface area contributed by atoms with E-state index in [0.29, 0.717) is 16.9 Å². The van der Waals surface area contributed by atoms with E-state index in [2.05, 4.69) is 6.07 Å². The van der Waals surface area contributed by atoms with Crippen LogP contribution >= 0.6 is 0 Å². The minimum atomic E-state index is -0.528. The Balaban J connectivity index is 2.30. The average Bonchev–Trinajstić information content (AvgIpc) is 2.52. The van der Waals surface area contributed by atoms with Gasteiger partial charge in [0.1, 0.15) is 11.4 Å². The van der Waals surface area contributed by atoms with E-state index in [1.165, 1.54) is 0 Å². The van der Waals surface area contributed by atoms with Crippen molar-refractivity contribution < 1.29 is 14.3 Å². The summed E-state index contributed by atoms with van der Waals surface area (Å²) in [6, 6.07) is 14.7. The zero-order chi connectivity index (χ0) is 18.6. The van der Waals surface area contributed by atoms with Crippen molar-refractivity contribution in [1.29, 1.82) is 5.26 Å². The first-order valence-electron chi connectivity index (χ1n) is 8.23. The lowest BCUT2D eigenvalue weighted by atomic mass is 10.0. The molecule has 0 N–H and O–H groups in total.